The molecule has 4 heteroatoms. The molecule has 0 bridgehead atoms. The van der Waals surface area contributed by atoms with Crippen LogP contribution < -0.4 is 0 Å². The van der Waals surface area contributed by atoms with E-state index < -0.39 is 5.60 Å². The molecule has 1 heterocycles. The van der Waals surface area contributed by atoms with E-state index in [0.717, 1.165) is 13.0 Å². The summed E-state index contributed by atoms with van der Waals surface area (Å²) in [4.78, 5) is 13.5. The lowest BCUT2D eigenvalue weighted by molar-refractivity contribution is 0.0133. The minimum Gasteiger partial charge on any atom is -0.444 e. The van der Waals surface area contributed by atoms with Crippen LogP contribution >= 0.6 is 0 Å². The number of nitrogens with zero attached hydrogens (tertiary/aromatic N) is 1. The van der Waals surface area contributed by atoms with E-state index in [1.165, 1.54) is 0 Å². The molecule has 86 valence electrons. The lowest BCUT2D eigenvalue weighted by atomic mass is 10.2. The summed E-state index contributed by atoms with van der Waals surface area (Å²) in [5.41, 5.74) is -0.454. The molecule has 1 aliphatic carbocycles. The fourth-order valence-electron chi connectivity index (χ4n) is 2.34. The monoisotopic (exact) mass is 213 g/mol. The van der Waals surface area contributed by atoms with Gasteiger partial charge in [0.15, 0.2) is 0 Å². The molecule has 1 saturated carbocycles. The molecule has 15 heavy (non-hydrogen) atoms. The number of aliphatic hydroxyl groups is 1. The molecule has 2 fully saturated rings. The van der Waals surface area contributed by atoms with Crippen molar-refractivity contribution >= 4 is 6.09 Å². The van der Waals surface area contributed by atoms with E-state index in [1.807, 2.05) is 20.8 Å². The first-order valence-electron chi connectivity index (χ1n) is 5.53. The molecule has 0 unspecified atom stereocenters. The van der Waals surface area contributed by atoms with Gasteiger partial charge in [-0.2, -0.15) is 0 Å². The van der Waals surface area contributed by atoms with Crippen LogP contribution in [0.15, 0.2) is 0 Å². The maximum atomic E-state index is 11.8. The number of ether oxygens (including phenoxy) is 1. The van der Waals surface area contributed by atoms with Crippen molar-refractivity contribution in [1.29, 1.82) is 0 Å². The number of carbonyl (C=O) groups excluding carboxylic acids is 1. The Hall–Kier alpha value is -0.770. The third-order valence-corrected chi connectivity index (χ3v) is 3.12. The second kappa shape index (κ2) is 3.37. The summed E-state index contributed by atoms with van der Waals surface area (Å²) in [6.45, 7) is 6.38. The Balaban J connectivity index is 1.96. The SMILES string of the molecule is CC(C)(C)OC(=O)N1C[C@H]2C[C@@H]2[C@H]1CO. The number of amides is 1. The van der Waals surface area contributed by atoms with Crippen LogP contribution in [0.2, 0.25) is 0 Å². The Morgan fingerprint density at radius 1 is 1.53 bits per heavy atom. The topological polar surface area (TPSA) is 49.8 Å². The Labute approximate surface area is 90.2 Å². The fourth-order valence-corrected chi connectivity index (χ4v) is 2.34. The maximum absolute atomic E-state index is 11.8. The standard InChI is InChI=1S/C11H19NO3/c1-11(2,3)15-10(14)12-5-7-4-8(7)9(12)6-13/h7-9,13H,4-6H2,1-3H3/t7-,8+,9-/m1/s1. The Bertz CT molecular complexity index is 271. The number of fused-ring (bicyclic) bond motifs is 1. The zero-order valence-corrected chi connectivity index (χ0v) is 9.56. The van der Waals surface area contributed by atoms with Crippen molar-refractivity contribution in [2.75, 3.05) is 13.2 Å². The number of rotatable bonds is 1. The minimum absolute atomic E-state index is 0.00940. The van der Waals surface area contributed by atoms with E-state index >= 15 is 0 Å². The fraction of sp³-hybridized carbons (Fsp3) is 0.909. The van der Waals surface area contributed by atoms with Crippen LogP contribution in [0.5, 0.6) is 0 Å². The van der Waals surface area contributed by atoms with E-state index in [-0.39, 0.29) is 18.7 Å². The van der Waals surface area contributed by atoms with E-state index in [4.69, 9.17) is 4.74 Å². The van der Waals surface area contributed by atoms with Gasteiger partial charge in [0, 0.05) is 6.54 Å². The largest absolute Gasteiger partial charge is 0.444 e. The summed E-state index contributed by atoms with van der Waals surface area (Å²) in [5, 5.41) is 9.23. The molecule has 0 aromatic carbocycles. The summed E-state index contributed by atoms with van der Waals surface area (Å²) in [6, 6.07) is -0.00940. The van der Waals surface area contributed by atoms with Gasteiger partial charge in [-0.1, -0.05) is 0 Å². The average Bonchev–Trinajstić information content (AvgIpc) is 2.75. The zero-order valence-electron chi connectivity index (χ0n) is 9.56. The van der Waals surface area contributed by atoms with Crippen molar-refractivity contribution in [2.45, 2.75) is 38.8 Å². The molecular formula is C11H19NO3. The van der Waals surface area contributed by atoms with Gasteiger partial charge >= 0.3 is 6.09 Å². The van der Waals surface area contributed by atoms with E-state index in [0.29, 0.717) is 11.8 Å². The van der Waals surface area contributed by atoms with Crippen LogP contribution in [0.4, 0.5) is 4.79 Å². The second-order valence-corrected chi connectivity index (χ2v) is 5.54. The second-order valence-electron chi connectivity index (χ2n) is 5.54. The average molecular weight is 213 g/mol. The minimum atomic E-state index is -0.454. The maximum Gasteiger partial charge on any atom is 0.410 e. The molecule has 0 aromatic rings. The predicted octanol–water partition coefficient (Wildman–Crippen LogP) is 1.23. The molecule has 1 aliphatic heterocycles. The van der Waals surface area contributed by atoms with Crippen LogP contribution in [-0.2, 0) is 4.74 Å². The Kier molecular flexibility index (Phi) is 2.41. The first-order chi connectivity index (χ1) is 6.92. The van der Waals surface area contributed by atoms with E-state index in [2.05, 4.69) is 0 Å². The van der Waals surface area contributed by atoms with E-state index in [9.17, 15) is 9.90 Å². The third-order valence-electron chi connectivity index (χ3n) is 3.12. The molecule has 1 N–H and O–H groups in total. The van der Waals surface area contributed by atoms with Crippen molar-refractivity contribution in [3.05, 3.63) is 0 Å². The van der Waals surface area contributed by atoms with Crippen LogP contribution in [0.25, 0.3) is 0 Å². The highest BCUT2D eigenvalue weighted by molar-refractivity contribution is 5.69. The summed E-state index contributed by atoms with van der Waals surface area (Å²) in [7, 11) is 0. The Morgan fingerprint density at radius 3 is 2.73 bits per heavy atom. The zero-order chi connectivity index (χ0) is 11.2. The van der Waals surface area contributed by atoms with Gasteiger partial charge in [-0.15, -0.1) is 0 Å². The van der Waals surface area contributed by atoms with Crippen LogP contribution in [-0.4, -0.2) is 40.9 Å². The number of carbonyl (C=O) groups is 1. The first kappa shape index (κ1) is 10.7. The lowest BCUT2D eigenvalue weighted by Gasteiger charge is -2.29. The first-order valence-corrected chi connectivity index (χ1v) is 5.53. The van der Waals surface area contributed by atoms with Gasteiger partial charge in [0.05, 0.1) is 12.6 Å². The summed E-state index contributed by atoms with van der Waals surface area (Å²) in [6.07, 6.45) is 0.874. The summed E-state index contributed by atoms with van der Waals surface area (Å²) >= 11 is 0. The van der Waals surface area contributed by atoms with Crippen molar-refractivity contribution in [1.82, 2.24) is 4.90 Å². The molecule has 0 radical (unpaired) electrons. The van der Waals surface area contributed by atoms with Gasteiger partial charge < -0.3 is 14.7 Å². The molecule has 2 aliphatic rings. The number of hydrogen-bond donors (Lipinski definition) is 1. The molecule has 2 rings (SSSR count). The highest BCUT2D eigenvalue weighted by atomic mass is 16.6. The van der Waals surface area contributed by atoms with Gasteiger partial charge in [-0.25, -0.2) is 4.79 Å². The third kappa shape index (κ3) is 2.09. The van der Waals surface area contributed by atoms with Gasteiger partial charge in [0.25, 0.3) is 0 Å². The van der Waals surface area contributed by atoms with Crippen molar-refractivity contribution in [3.63, 3.8) is 0 Å². The van der Waals surface area contributed by atoms with Gasteiger partial charge in [0.1, 0.15) is 5.60 Å². The molecule has 3 atom stereocenters. The van der Waals surface area contributed by atoms with E-state index in [1.54, 1.807) is 4.90 Å². The summed E-state index contributed by atoms with van der Waals surface area (Å²) in [5.74, 6) is 1.12. The van der Waals surface area contributed by atoms with Gasteiger partial charge in [-0.05, 0) is 39.0 Å². The quantitative estimate of drug-likeness (QED) is 0.712. The number of piperidine rings is 1. The van der Waals surface area contributed by atoms with Crippen molar-refractivity contribution in [3.8, 4) is 0 Å². The highest BCUT2D eigenvalue weighted by Gasteiger charge is 2.54. The molecule has 0 aromatic heterocycles. The lowest BCUT2D eigenvalue weighted by Crippen LogP contribution is -2.43. The molecule has 0 spiro atoms. The smallest absolute Gasteiger partial charge is 0.410 e. The van der Waals surface area contributed by atoms with Gasteiger partial charge in [0.2, 0.25) is 0 Å². The molecular weight excluding hydrogens is 194 g/mol. The normalized spacial score (nSPS) is 33.9. The molecule has 1 saturated heterocycles. The summed E-state index contributed by atoms with van der Waals surface area (Å²) < 4.78 is 5.30. The van der Waals surface area contributed by atoms with Crippen LogP contribution in [0.1, 0.15) is 27.2 Å². The van der Waals surface area contributed by atoms with Gasteiger partial charge in [-0.3, -0.25) is 0 Å². The van der Waals surface area contributed by atoms with Crippen molar-refractivity contribution < 1.29 is 14.6 Å². The molecule has 1 amide bonds. The highest BCUT2D eigenvalue weighted by Crippen LogP contribution is 2.49. The number of aliphatic hydroxyl groups excluding tert-OH is 1. The molecule has 4 nitrogen and oxygen atoms in total. The number of likely N-dealkylation sites (tertiary alicyclic amines) is 1. The number of hydrogen-bond acceptors (Lipinski definition) is 3. The van der Waals surface area contributed by atoms with Crippen LogP contribution in [0.3, 0.4) is 0 Å². The van der Waals surface area contributed by atoms with Crippen LogP contribution in [0, 0.1) is 11.8 Å². The Morgan fingerprint density at radius 2 is 2.20 bits per heavy atom. The van der Waals surface area contributed by atoms with Crippen molar-refractivity contribution in [2.24, 2.45) is 11.8 Å². The predicted molar refractivity (Wildman–Crippen MR) is 55.4 cm³/mol.